The van der Waals surface area contributed by atoms with Crippen molar-refractivity contribution < 1.29 is 0 Å². The van der Waals surface area contributed by atoms with Gasteiger partial charge in [-0.25, -0.2) is 4.79 Å². The van der Waals surface area contributed by atoms with Crippen LogP contribution < -0.4 is 11.2 Å². The van der Waals surface area contributed by atoms with Gasteiger partial charge < -0.3 is 0 Å². The smallest absolute Gasteiger partial charge is 0.296 e. The van der Waals surface area contributed by atoms with Gasteiger partial charge in [0, 0.05) is 6.20 Å². The Labute approximate surface area is 102 Å². The van der Waals surface area contributed by atoms with Crippen LogP contribution in [0.4, 0.5) is 0 Å². The van der Waals surface area contributed by atoms with Crippen LogP contribution in [0.25, 0.3) is 0 Å². The highest BCUT2D eigenvalue weighted by atomic mass is 16.3. The molecule has 92 valence electrons. The van der Waals surface area contributed by atoms with Crippen LogP contribution in [0.15, 0.2) is 51.3 Å². The van der Waals surface area contributed by atoms with Gasteiger partial charge in [-0.05, 0) is 5.56 Å². The Morgan fingerprint density at radius 1 is 1.17 bits per heavy atom. The Bertz CT molecular complexity index is 658. The average molecular weight is 245 g/mol. The predicted molar refractivity (Wildman–Crippen MR) is 66.4 cm³/mol. The van der Waals surface area contributed by atoms with Gasteiger partial charge in [-0.2, -0.15) is 4.91 Å². The van der Waals surface area contributed by atoms with Gasteiger partial charge in [-0.15, -0.1) is 0 Å². The summed E-state index contributed by atoms with van der Waals surface area (Å²) < 4.78 is 1.34. The van der Waals surface area contributed by atoms with Crippen LogP contribution in [-0.4, -0.2) is 9.55 Å². The Kier molecular flexibility index (Phi) is 3.47. The summed E-state index contributed by atoms with van der Waals surface area (Å²) in [7, 11) is 0. The third kappa shape index (κ3) is 2.60. The van der Waals surface area contributed by atoms with E-state index in [1.807, 2.05) is 30.3 Å². The molecule has 1 heterocycles. The maximum atomic E-state index is 11.6. The second-order valence-corrected chi connectivity index (χ2v) is 3.81. The van der Waals surface area contributed by atoms with Crippen LogP contribution >= 0.6 is 0 Å². The molecule has 1 aromatic carbocycles. The lowest BCUT2D eigenvalue weighted by molar-refractivity contribution is 0.705. The fourth-order valence-corrected chi connectivity index (χ4v) is 1.63. The molecule has 0 saturated carbocycles. The quantitative estimate of drug-likeness (QED) is 0.810. The molecule has 0 spiro atoms. The standard InChI is InChI=1S/C12H11N3O3/c16-11-10(6-13-18)8-15(12(17)14-11)7-9-4-2-1-3-5-9/h1-5,8H,6-7H2,(H,14,16,17). The second kappa shape index (κ2) is 5.22. The van der Waals surface area contributed by atoms with E-state index >= 15 is 0 Å². The average Bonchev–Trinajstić information content (AvgIpc) is 2.37. The fourth-order valence-electron chi connectivity index (χ4n) is 1.63. The third-order valence-electron chi connectivity index (χ3n) is 2.52. The molecule has 1 aromatic heterocycles. The molecule has 0 unspecified atom stereocenters. The van der Waals surface area contributed by atoms with Crippen molar-refractivity contribution in [3.63, 3.8) is 0 Å². The first-order chi connectivity index (χ1) is 8.70. The van der Waals surface area contributed by atoms with Crippen LogP contribution in [0.2, 0.25) is 0 Å². The van der Waals surface area contributed by atoms with E-state index in [4.69, 9.17) is 0 Å². The number of rotatable bonds is 4. The zero-order valence-corrected chi connectivity index (χ0v) is 9.50. The van der Waals surface area contributed by atoms with Crippen molar-refractivity contribution in [3.8, 4) is 0 Å². The van der Waals surface area contributed by atoms with Gasteiger partial charge in [0.25, 0.3) is 5.56 Å². The zero-order chi connectivity index (χ0) is 13.0. The number of nitroso groups, excluding NO2 is 1. The predicted octanol–water partition coefficient (Wildman–Crippen LogP) is 0.851. The number of hydrogen-bond acceptors (Lipinski definition) is 4. The number of aromatic amines is 1. The van der Waals surface area contributed by atoms with Gasteiger partial charge in [0.2, 0.25) is 0 Å². The molecule has 6 heteroatoms. The second-order valence-electron chi connectivity index (χ2n) is 3.81. The summed E-state index contributed by atoms with van der Waals surface area (Å²) in [4.78, 5) is 35.3. The lowest BCUT2D eigenvalue weighted by Crippen LogP contribution is -2.31. The lowest BCUT2D eigenvalue weighted by Gasteiger charge is -2.06. The van der Waals surface area contributed by atoms with Gasteiger partial charge in [0.15, 0.2) is 0 Å². The Morgan fingerprint density at radius 3 is 2.56 bits per heavy atom. The van der Waals surface area contributed by atoms with Crippen molar-refractivity contribution in [3.05, 3.63) is 73.4 Å². The monoisotopic (exact) mass is 245 g/mol. The molecule has 0 radical (unpaired) electrons. The summed E-state index contributed by atoms with van der Waals surface area (Å²) in [5, 5.41) is 2.66. The fraction of sp³-hybridized carbons (Fsp3) is 0.167. The molecule has 0 atom stereocenters. The largest absolute Gasteiger partial charge is 0.328 e. The van der Waals surface area contributed by atoms with E-state index in [1.165, 1.54) is 10.8 Å². The Hall–Kier alpha value is -2.50. The van der Waals surface area contributed by atoms with E-state index < -0.39 is 11.2 Å². The summed E-state index contributed by atoms with van der Waals surface area (Å²) in [6.07, 6.45) is 1.37. The maximum absolute atomic E-state index is 11.6. The lowest BCUT2D eigenvalue weighted by atomic mass is 10.2. The Balaban J connectivity index is 2.39. The molecule has 0 amide bonds. The van der Waals surface area contributed by atoms with E-state index in [1.54, 1.807) is 0 Å². The van der Waals surface area contributed by atoms with Crippen molar-refractivity contribution in [1.82, 2.24) is 9.55 Å². The molecule has 2 aromatic rings. The van der Waals surface area contributed by atoms with Crippen molar-refractivity contribution in [2.24, 2.45) is 5.18 Å². The molecule has 0 saturated heterocycles. The first-order valence-corrected chi connectivity index (χ1v) is 5.36. The Morgan fingerprint density at radius 2 is 1.89 bits per heavy atom. The molecule has 1 N–H and O–H groups in total. The number of aromatic nitrogens is 2. The first-order valence-electron chi connectivity index (χ1n) is 5.36. The molecule has 2 rings (SSSR count). The van der Waals surface area contributed by atoms with Crippen molar-refractivity contribution >= 4 is 0 Å². The molecule has 0 fully saturated rings. The van der Waals surface area contributed by atoms with Crippen LogP contribution in [0, 0.1) is 4.91 Å². The van der Waals surface area contributed by atoms with Crippen LogP contribution in [0.5, 0.6) is 0 Å². The molecule has 6 nitrogen and oxygen atoms in total. The number of hydrogen-bond donors (Lipinski definition) is 1. The normalized spacial score (nSPS) is 10.2. The minimum atomic E-state index is -0.566. The molecule has 0 bridgehead atoms. The number of nitrogens with zero attached hydrogens (tertiary/aromatic N) is 2. The maximum Gasteiger partial charge on any atom is 0.328 e. The summed E-state index contributed by atoms with van der Waals surface area (Å²) in [5.41, 5.74) is 0.0413. The highest BCUT2D eigenvalue weighted by Gasteiger charge is 2.05. The van der Waals surface area contributed by atoms with Crippen LogP contribution in [-0.2, 0) is 13.1 Å². The van der Waals surface area contributed by atoms with Gasteiger partial charge in [0.1, 0.15) is 6.54 Å². The minimum absolute atomic E-state index is 0.181. The highest BCUT2D eigenvalue weighted by molar-refractivity contribution is 5.15. The highest BCUT2D eigenvalue weighted by Crippen LogP contribution is 2.00. The van der Waals surface area contributed by atoms with Crippen molar-refractivity contribution in [2.45, 2.75) is 13.1 Å². The molecular formula is C12H11N3O3. The SMILES string of the molecule is O=NCc1cn(Cc2ccccc2)c(=O)[nH]c1=O. The summed E-state index contributed by atoms with van der Waals surface area (Å²) in [5.74, 6) is 0. The third-order valence-corrected chi connectivity index (χ3v) is 2.52. The van der Waals surface area contributed by atoms with Crippen LogP contribution in [0.3, 0.4) is 0 Å². The van der Waals surface area contributed by atoms with E-state index in [0.717, 1.165) is 5.56 Å². The number of nitrogens with one attached hydrogen (secondary N) is 1. The van der Waals surface area contributed by atoms with Gasteiger partial charge in [0.05, 0.1) is 12.1 Å². The molecular weight excluding hydrogens is 234 g/mol. The van der Waals surface area contributed by atoms with E-state index in [9.17, 15) is 14.5 Å². The molecule has 0 aliphatic carbocycles. The molecule has 0 aliphatic rings. The van der Waals surface area contributed by atoms with Gasteiger partial charge in [-0.3, -0.25) is 14.3 Å². The zero-order valence-electron chi connectivity index (χ0n) is 9.50. The van der Waals surface area contributed by atoms with E-state index in [0.29, 0.717) is 6.54 Å². The number of benzene rings is 1. The van der Waals surface area contributed by atoms with Crippen LogP contribution in [0.1, 0.15) is 11.1 Å². The van der Waals surface area contributed by atoms with E-state index in [2.05, 4.69) is 10.2 Å². The summed E-state index contributed by atoms with van der Waals surface area (Å²) in [6, 6.07) is 9.34. The number of H-pyrrole nitrogens is 1. The van der Waals surface area contributed by atoms with Gasteiger partial charge in [-0.1, -0.05) is 35.5 Å². The van der Waals surface area contributed by atoms with Crippen molar-refractivity contribution in [2.75, 3.05) is 0 Å². The van der Waals surface area contributed by atoms with E-state index in [-0.39, 0.29) is 12.1 Å². The summed E-state index contributed by atoms with van der Waals surface area (Å²) in [6.45, 7) is 0.0900. The molecule has 0 aliphatic heterocycles. The summed E-state index contributed by atoms with van der Waals surface area (Å²) >= 11 is 0. The van der Waals surface area contributed by atoms with Crippen molar-refractivity contribution in [1.29, 1.82) is 0 Å². The first kappa shape index (κ1) is 12.0. The van der Waals surface area contributed by atoms with Gasteiger partial charge >= 0.3 is 5.69 Å². The molecule has 18 heavy (non-hydrogen) atoms. The topological polar surface area (TPSA) is 84.3 Å². The minimum Gasteiger partial charge on any atom is -0.296 e.